The molecule has 158 valence electrons. The van der Waals surface area contributed by atoms with Gasteiger partial charge >= 0.3 is 0 Å². The van der Waals surface area contributed by atoms with Gasteiger partial charge in [-0.2, -0.15) is 0 Å². The van der Waals surface area contributed by atoms with Gasteiger partial charge in [0, 0.05) is 33.1 Å². The number of pyridine rings is 1. The Balaban J connectivity index is 1.79. The third kappa shape index (κ3) is 2.18. The van der Waals surface area contributed by atoms with Gasteiger partial charge in [-0.3, -0.25) is 4.98 Å². The van der Waals surface area contributed by atoms with Crippen molar-refractivity contribution in [1.29, 1.82) is 0 Å². The Kier molecular flexibility index (Phi) is 3.39. The smallest absolute Gasteiger partial charge is 0.160 e. The molecule has 5 aromatic carbocycles. The Bertz CT molecular complexity index is 2060. The topological polar surface area (TPSA) is 31.0 Å². The summed E-state index contributed by atoms with van der Waals surface area (Å²) in [4.78, 5) is 4.47. The first-order valence-electron chi connectivity index (χ1n) is 11.5. The van der Waals surface area contributed by atoms with Crippen molar-refractivity contribution in [2.75, 3.05) is 0 Å². The van der Waals surface area contributed by atoms with E-state index >= 15 is 0 Å². The highest BCUT2D eigenvalue weighted by molar-refractivity contribution is 6.36. The molecule has 0 saturated carbocycles. The second-order valence-corrected chi connectivity index (χ2v) is 8.80. The van der Waals surface area contributed by atoms with E-state index in [1.165, 1.54) is 37.8 Å². The Hall–Kier alpha value is -4.63. The number of hydrogen-bond acceptors (Lipinski definition) is 2. The van der Waals surface area contributed by atoms with Gasteiger partial charge in [-0.1, -0.05) is 78.9 Å². The van der Waals surface area contributed by atoms with Crippen LogP contribution in [0.25, 0.3) is 71.0 Å². The Morgan fingerprint density at radius 1 is 0.559 bits per heavy atom. The van der Waals surface area contributed by atoms with Gasteiger partial charge in [-0.25, -0.2) is 0 Å². The molecule has 0 saturated heterocycles. The van der Waals surface area contributed by atoms with Gasteiger partial charge in [0.1, 0.15) is 5.58 Å². The Labute approximate surface area is 194 Å². The SMILES string of the molecule is c1cncc(-n2c3c4ccccc4ccc3c3c4ccccc4c4c5ccccc5oc4c32)c1. The summed E-state index contributed by atoms with van der Waals surface area (Å²) >= 11 is 0. The molecule has 0 bridgehead atoms. The summed E-state index contributed by atoms with van der Waals surface area (Å²) in [5.74, 6) is 0. The van der Waals surface area contributed by atoms with Crippen LogP contribution in [0, 0.1) is 0 Å². The van der Waals surface area contributed by atoms with Crippen molar-refractivity contribution >= 4 is 65.3 Å². The molecule has 8 rings (SSSR count). The van der Waals surface area contributed by atoms with Crippen molar-refractivity contribution in [3.05, 3.63) is 109 Å². The van der Waals surface area contributed by atoms with Crippen LogP contribution in [0.15, 0.2) is 114 Å². The van der Waals surface area contributed by atoms with E-state index in [1.54, 1.807) is 0 Å². The van der Waals surface area contributed by atoms with E-state index in [-0.39, 0.29) is 0 Å². The first-order valence-corrected chi connectivity index (χ1v) is 11.5. The van der Waals surface area contributed by atoms with E-state index in [0.717, 1.165) is 33.1 Å². The van der Waals surface area contributed by atoms with Crippen LogP contribution in [-0.2, 0) is 0 Å². The summed E-state index contributed by atoms with van der Waals surface area (Å²) in [5.41, 5.74) is 5.11. The van der Waals surface area contributed by atoms with Gasteiger partial charge in [0.2, 0.25) is 0 Å². The van der Waals surface area contributed by atoms with Crippen molar-refractivity contribution < 1.29 is 4.42 Å². The van der Waals surface area contributed by atoms with Crippen LogP contribution in [0.3, 0.4) is 0 Å². The highest BCUT2D eigenvalue weighted by atomic mass is 16.3. The average Bonchev–Trinajstić information content (AvgIpc) is 3.46. The first-order chi connectivity index (χ1) is 16.9. The van der Waals surface area contributed by atoms with Crippen LogP contribution in [-0.4, -0.2) is 9.55 Å². The maximum Gasteiger partial charge on any atom is 0.160 e. The molecule has 3 aromatic heterocycles. The van der Waals surface area contributed by atoms with Gasteiger partial charge < -0.3 is 8.98 Å². The molecule has 0 atom stereocenters. The molecule has 0 amide bonds. The van der Waals surface area contributed by atoms with Crippen LogP contribution < -0.4 is 0 Å². The lowest BCUT2D eigenvalue weighted by Crippen LogP contribution is -1.95. The van der Waals surface area contributed by atoms with Crippen molar-refractivity contribution in [3.63, 3.8) is 0 Å². The molecule has 3 nitrogen and oxygen atoms in total. The number of para-hydroxylation sites is 1. The summed E-state index contributed by atoms with van der Waals surface area (Å²) < 4.78 is 8.98. The number of nitrogens with zero attached hydrogens (tertiary/aromatic N) is 2. The van der Waals surface area contributed by atoms with E-state index in [4.69, 9.17) is 4.42 Å². The van der Waals surface area contributed by atoms with E-state index in [0.29, 0.717) is 0 Å². The fraction of sp³-hybridized carbons (Fsp3) is 0. The first kappa shape index (κ1) is 17.9. The van der Waals surface area contributed by atoms with Crippen LogP contribution in [0.5, 0.6) is 0 Å². The highest BCUT2D eigenvalue weighted by Crippen LogP contribution is 2.46. The molecule has 0 aliphatic carbocycles. The van der Waals surface area contributed by atoms with Gasteiger partial charge in [0.25, 0.3) is 0 Å². The van der Waals surface area contributed by atoms with E-state index in [1.807, 2.05) is 24.5 Å². The van der Waals surface area contributed by atoms with Crippen molar-refractivity contribution in [1.82, 2.24) is 9.55 Å². The molecule has 0 aliphatic rings. The summed E-state index contributed by atoms with van der Waals surface area (Å²) in [5, 5.41) is 9.62. The van der Waals surface area contributed by atoms with Crippen LogP contribution in [0.2, 0.25) is 0 Å². The second-order valence-electron chi connectivity index (χ2n) is 8.80. The van der Waals surface area contributed by atoms with Crippen molar-refractivity contribution in [2.45, 2.75) is 0 Å². The Morgan fingerprint density at radius 3 is 2.12 bits per heavy atom. The van der Waals surface area contributed by atoms with Gasteiger partial charge in [-0.05, 0) is 34.4 Å². The maximum absolute atomic E-state index is 6.64. The van der Waals surface area contributed by atoms with Crippen LogP contribution in [0.4, 0.5) is 0 Å². The van der Waals surface area contributed by atoms with Crippen LogP contribution in [0.1, 0.15) is 0 Å². The van der Waals surface area contributed by atoms with E-state index in [9.17, 15) is 0 Å². The molecule has 0 aliphatic heterocycles. The third-order valence-electron chi connectivity index (χ3n) is 7.03. The molecule has 8 aromatic rings. The average molecular weight is 434 g/mol. The minimum Gasteiger partial charge on any atom is -0.454 e. The molecule has 0 spiro atoms. The zero-order valence-corrected chi connectivity index (χ0v) is 18.2. The zero-order chi connectivity index (χ0) is 22.2. The highest BCUT2D eigenvalue weighted by Gasteiger charge is 2.23. The Morgan fingerprint density at radius 2 is 1.29 bits per heavy atom. The molecule has 0 N–H and O–H groups in total. The minimum absolute atomic E-state index is 0.906. The molecule has 0 unspecified atom stereocenters. The molecule has 34 heavy (non-hydrogen) atoms. The molecule has 0 fully saturated rings. The molecular formula is C31H18N2O. The molecule has 0 radical (unpaired) electrons. The summed E-state index contributed by atoms with van der Waals surface area (Å²) in [7, 11) is 0. The number of benzene rings is 5. The van der Waals surface area contributed by atoms with Gasteiger partial charge in [0.05, 0.1) is 22.9 Å². The predicted octanol–water partition coefficient (Wildman–Crippen LogP) is 8.38. The number of fused-ring (bicyclic) bond motifs is 12. The minimum atomic E-state index is 0.906. The molecule has 3 heteroatoms. The summed E-state index contributed by atoms with van der Waals surface area (Å²) in [6, 6.07) is 34.2. The van der Waals surface area contributed by atoms with E-state index < -0.39 is 0 Å². The third-order valence-corrected chi connectivity index (χ3v) is 7.03. The predicted molar refractivity (Wildman–Crippen MR) is 141 cm³/mol. The summed E-state index contributed by atoms with van der Waals surface area (Å²) in [6.45, 7) is 0. The van der Waals surface area contributed by atoms with E-state index in [2.05, 4.69) is 94.5 Å². The van der Waals surface area contributed by atoms with Crippen molar-refractivity contribution in [2.24, 2.45) is 0 Å². The lowest BCUT2D eigenvalue weighted by molar-refractivity contribution is 0.671. The lowest BCUT2D eigenvalue weighted by atomic mass is 9.98. The fourth-order valence-corrected chi connectivity index (χ4v) is 5.68. The second kappa shape index (κ2) is 6.46. The van der Waals surface area contributed by atoms with Crippen LogP contribution >= 0.6 is 0 Å². The largest absolute Gasteiger partial charge is 0.454 e. The maximum atomic E-state index is 6.64. The fourth-order valence-electron chi connectivity index (χ4n) is 5.68. The summed E-state index contributed by atoms with van der Waals surface area (Å²) in [6.07, 6.45) is 3.76. The lowest BCUT2D eigenvalue weighted by Gasteiger charge is -2.10. The zero-order valence-electron chi connectivity index (χ0n) is 18.2. The number of furan rings is 1. The quantitative estimate of drug-likeness (QED) is 0.260. The number of aromatic nitrogens is 2. The normalized spacial score (nSPS) is 12.1. The molecule has 3 heterocycles. The number of rotatable bonds is 1. The standard InChI is InChI=1S/C31H18N2O/c1-2-10-21-19(8-1)15-16-25-27-22-11-3-4-12-23(22)28-24-13-5-6-14-26(24)34-31(28)30(27)33(29(21)25)20-9-7-17-32-18-20/h1-18H. The monoisotopic (exact) mass is 434 g/mol. The van der Waals surface area contributed by atoms with Gasteiger partial charge in [-0.15, -0.1) is 0 Å². The number of hydrogen-bond donors (Lipinski definition) is 0. The van der Waals surface area contributed by atoms with Gasteiger partial charge in [0.15, 0.2) is 5.58 Å². The molecular weight excluding hydrogens is 416 g/mol. The van der Waals surface area contributed by atoms with Crippen molar-refractivity contribution in [3.8, 4) is 5.69 Å².